The lowest BCUT2D eigenvalue weighted by molar-refractivity contribution is 0.780. The molecule has 0 unspecified atom stereocenters. The maximum absolute atomic E-state index is 10.9. The highest BCUT2D eigenvalue weighted by Gasteiger charge is 1.98. The molecule has 2 heterocycles. The molecule has 0 atom stereocenters. The molecule has 2 rings (SSSR count). The van der Waals surface area contributed by atoms with Crippen molar-refractivity contribution in [2.45, 2.75) is 13.5 Å². The molecule has 3 nitrogen and oxygen atoms in total. The van der Waals surface area contributed by atoms with Gasteiger partial charge in [0.15, 0.2) is 5.43 Å². The summed E-state index contributed by atoms with van der Waals surface area (Å²) in [5.41, 5.74) is 1.09. The molecule has 2 aromatic heterocycles. The number of aryl methyl sites for hydroxylation is 1. The summed E-state index contributed by atoms with van der Waals surface area (Å²) in [7, 11) is 0. The van der Waals surface area contributed by atoms with Gasteiger partial charge in [-0.2, -0.15) is 0 Å². The third-order valence-electron chi connectivity index (χ3n) is 1.84. The lowest BCUT2D eigenvalue weighted by Crippen LogP contribution is -2.04. The fourth-order valence-corrected chi connectivity index (χ4v) is 1.96. The van der Waals surface area contributed by atoms with Gasteiger partial charge in [0.05, 0.1) is 6.54 Å². The van der Waals surface area contributed by atoms with E-state index in [2.05, 4.69) is 4.98 Å². The third kappa shape index (κ3) is 2.09. The van der Waals surface area contributed by atoms with Crippen LogP contribution in [0, 0.1) is 6.92 Å². The second-order valence-electron chi connectivity index (χ2n) is 3.09. The molecule has 72 valence electrons. The third-order valence-corrected chi connectivity index (χ3v) is 2.80. The van der Waals surface area contributed by atoms with E-state index in [-0.39, 0.29) is 5.43 Å². The fourth-order valence-electron chi connectivity index (χ4n) is 1.18. The second-order valence-corrected chi connectivity index (χ2v) is 4.03. The Morgan fingerprint density at radius 2 is 2.14 bits per heavy atom. The largest absolute Gasteiger partial charge is 0.347 e. The molecular weight excluding hydrogens is 196 g/mol. The minimum atomic E-state index is 0.0385. The van der Waals surface area contributed by atoms with Crippen LogP contribution in [0.5, 0.6) is 0 Å². The number of hydrogen-bond donors (Lipinski definition) is 0. The van der Waals surface area contributed by atoms with Crippen molar-refractivity contribution in [3.8, 4) is 0 Å². The van der Waals surface area contributed by atoms with E-state index in [1.807, 2.05) is 16.9 Å². The highest BCUT2D eigenvalue weighted by atomic mass is 32.1. The maximum Gasteiger partial charge on any atom is 0.181 e. The number of aromatic nitrogens is 2. The van der Waals surface area contributed by atoms with Gasteiger partial charge < -0.3 is 4.57 Å². The molecule has 0 aliphatic heterocycles. The zero-order chi connectivity index (χ0) is 9.97. The summed E-state index contributed by atoms with van der Waals surface area (Å²) in [6, 6.07) is 3.11. The van der Waals surface area contributed by atoms with Crippen LogP contribution in [0.1, 0.15) is 10.7 Å². The van der Waals surface area contributed by atoms with Crippen LogP contribution in [0.15, 0.2) is 34.7 Å². The highest BCUT2D eigenvalue weighted by molar-refractivity contribution is 7.09. The molecule has 0 saturated carbocycles. The van der Waals surface area contributed by atoms with Gasteiger partial charge in [0.1, 0.15) is 5.01 Å². The molecule has 14 heavy (non-hydrogen) atoms. The van der Waals surface area contributed by atoms with Crippen molar-refractivity contribution in [1.29, 1.82) is 0 Å². The van der Waals surface area contributed by atoms with Crippen molar-refractivity contribution < 1.29 is 0 Å². The smallest absolute Gasteiger partial charge is 0.181 e. The highest BCUT2D eigenvalue weighted by Crippen LogP contribution is 2.09. The Labute approximate surface area is 85.7 Å². The Bertz CT molecular complexity index is 466. The van der Waals surface area contributed by atoms with Crippen molar-refractivity contribution in [3.05, 3.63) is 50.8 Å². The van der Waals surface area contributed by atoms with Crippen molar-refractivity contribution >= 4 is 11.3 Å². The van der Waals surface area contributed by atoms with Crippen LogP contribution in [0.25, 0.3) is 0 Å². The van der Waals surface area contributed by atoms with Gasteiger partial charge in [0.25, 0.3) is 0 Å². The second kappa shape index (κ2) is 3.75. The van der Waals surface area contributed by atoms with E-state index >= 15 is 0 Å². The first-order chi connectivity index (χ1) is 6.74. The quantitative estimate of drug-likeness (QED) is 0.749. The van der Waals surface area contributed by atoms with E-state index in [9.17, 15) is 4.79 Å². The van der Waals surface area contributed by atoms with E-state index in [1.165, 1.54) is 0 Å². The molecule has 2 aromatic rings. The number of thiazole rings is 1. The van der Waals surface area contributed by atoms with Gasteiger partial charge in [-0.3, -0.25) is 4.79 Å². The molecule has 0 aliphatic rings. The van der Waals surface area contributed by atoms with E-state index in [4.69, 9.17) is 0 Å². The molecule has 0 aliphatic carbocycles. The first kappa shape index (κ1) is 9.15. The van der Waals surface area contributed by atoms with E-state index in [1.54, 1.807) is 35.9 Å². The number of hydrogen-bond acceptors (Lipinski definition) is 3. The lowest BCUT2D eigenvalue weighted by Gasteiger charge is -2.01. The van der Waals surface area contributed by atoms with Crippen molar-refractivity contribution in [3.63, 3.8) is 0 Å². The topological polar surface area (TPSA) is 34.9 Å². The van der Waals surface area contributed by atoms with Gasteiger partial charge in [-0.1, -0.05) is 0 Å². The van der Waals surface area contributed by atoms with Gasteiger partial charge in [-0.15, -0.1) is 11.3 Å². The molecule has 0 N–H and O–H groups in total. The predicted molar refractivity (Wildman–Crippen MR) is 56.7 cm³/mol. The van der Waals surface area contributed by atoms with Crippen LogP contribution in [0.3, 0.4) is 0 Å². The molecule has 0 aromatic carbocycles. The Hall–Kier alpha value is -1.42. The Kier molecular flexibility index (Phi) is 2.45. The molecule has 4 heteroatoms. The summed E-state index contributed by atoms with van der Waals surface area (Å²) in [6.07, 6.45) is 3.55. The fraction of sp³-hybridized carbons (Fsp3) is 0.200. The van der Waals surface area contributed by atoms with Gasteiger partial charge >= 0.3 is 0 Å². The summed E-state index contributed by atoms with van der Waals surface area (Å²) >= 11 is 1.64. The van der Waals surface area contributed by atoms with Crippen LogP contribution in [-0.2, 0) is 6.54 Å². The summed E-state index contributed by atoms with van der Waals surface area (Å²) in [5.74, 6) is 0. The van der Waals surface area contributed by atoms with Crippen molar-refractivity contribution in [1.82, 2.24) is 9.55 Å². The van der Waals surface area contributed by atoms with Gasteiger partial charge in [0, 0.05) is 35.6 Å². The first-order valence-electron chi connectivity index (χ1n) is 4.31. The normalized spacial score (nSPS) is 10.4. The zero-order valence-corrected chi connectivity index (χ0v) is 8.62. The van der Waals surface area contributed by atoms with Crippen molar-refractivity contribution in [2.24, 2.45) is 0 Å². The summed E-state index contributed by atoms with van der Waals surface area (Å²) in [6.45, 7) is 2.71. The molecule has 0 radical (unpaired) electrons. The predicted octanol–water partition coefficient (Wildman–Crippen LogP) is 1.66. The molecule has 0 fully saturated rings. The molecule has 0 saturated heterocycles. The number of nitrogens with zero attached hydrogens (tertiary/aromatic N) is 2. The summed E-state index contributed by atoms with van der Waals surface area (Å²) in [5, 5.41) is 3.09. The SMILES string of the molecule is Cc1csc(Cn2ccc(=O)cc2)n1. The standard InChI is InChI=1S/C10H10N2OS/c1-8-7-14-10(11-8)6-12-4-2-9(13)3-5-12/h2-5,7H,6H2,1H3. The van der Waals surface area contributed by atoms with Crippen LogP contribution >= 0.6 is 11.3 Å². The van der Waals surface area contributed by atoms with E-state index in [0.717, 1.165) is 17.2 Å². The average molecular weight is 206 g/mol. The van der Waals surface area contributed by atoms with Crippen LogP contribution in [0.2, 0.25) is 0 Å². The summed E-state index contributed by atoms with van der Waals surface area (Å²) < 4.78 is 1.94. The van der Waals surface area contributed by atoms with E-state index < -0.39 is 0 Å². The van der Waals surface area contributed by atoms with Gasteiger partial charge in [-0.05, 0) is 6.92 Å². The van der Waals surface area contributed by atoms with E-state index in [0.29, 0.717) is 0 Å². The van der Waals surface area contributed by atoms with Gasteiger partial charge in [0.2, 0.25) is 0 Å². The van der Waals surface area contributed by atoms with Crippen LogP contribution in [-0.4, -0.2) is 9.55 Å². The number of pyridine rings is 1. The minimum absolute atomic E-state index is 0.0385. The maximum atomic E-state index is 10.9. The van der Waals surface area contributed by atoms with Crippen LogP contribution in [0.4, 0.5) is 0 Å². The van der Waals surface area contributed by atoms with Crippen LogP contribution < -0.4 is 5.43 Å². The monoisotopic (exact) mass is 206 g/mol. The zero-order valence-electron chi connectivity index (χ0n) is 7.80. The Morgan fingerprint density at radius 3 is 2.71 bits per heavy atom. The Balaban J connectivity index is 2.19. The van der Waals surface area contributed by atoms with Crippen molar-refractivity contribution in [2.75, 3.05) is 0 Å². The molecule has 0 amide bonds. The molecule has 0 spiro atoms. The van der Waals surface area contributed by atoms with Gasteiger partial charge in [-0.25, -0.2) is 4.98 Å². The Morgan fingerprint density at radius 1 is 1.43 bits per heavy atom. The number of rotatable bonds is 2. The minimum Gasteiger partial charge on any atom is -0.347 e. The molecule has 0 bridgehead atoms. The molecular formula is C10H10N2OS. The lowest BCUT2D eigenvalue weighted by atomic mass is 10.4. The first-order valence-corrected chi connectivity index (χ1v) is 5.19. The summed E-state index contributed by atoms with van der Waals surface area (Å²) in [4.78, 5) is 15.2. The average Bonchev–Trinajstić information content (AvgIpc) is 2.56.